The molecule has 0 saturated carbocycles. The molecule has 7 nitrogen and oxygen atoms in total. The minimum atomic E-state index is 0.0196. The molecule has 0 aliphatic carbocycles. The first-order valence-corrected chi connectivity index (χ1v) is 8.80. The van der Waals surface area contributed by atoms with Gasteiger partial charge in [-0.15, -0.1) is 0 Å². The molecule has 1 aromatic heterocycles. The summed E-state index contributed by atoms with van der Waals surface area (Å²) in [7, 11) is 5.42. The van der Waals surface area contributed by atoms with Crippen molar-refractivity contribution in [2.75, 3.05) is 27.2 Å². The molecule has 140 valence electrons. The third-order valence-corrected chi connectivity index (χ3v) is 3.81. The van der Waals surface area contributed by atoms with Gasteiger partial charge < -0.3 is 15.5 Å². The highest BCUT2D eigenvalue weighted by Crippen LogP contribution is 2.07. The highest BCUT2D eigenvalue weighted by atomic mass is 16.2. The molecule has 0 bridgehead atoms. The highest BCUT2D eigenvalue weighted by molar-refractivity contribution is 5.94. The van der Waals surface area contributed by atoms with E-state index < -0.39 is 0 Å². The van der Waals surface area contributed by atoms with Gasteiger partial charge in [-0.05, 0) is 31.0 Å². The van der Waals surface area contributed by atoms with E-state index in [1.54, 1.807) is 23.7 Å². The number of rotatable bonds is 7. The van der Waals surface area contributed by atoms with Crippen molar-refractivity contribution in [1.82, 2.24) is 25.3 Å². The van der Waals surface area contributed by atoms with E-state index in [0.717, 1.165) is 36.6 Å². The summed E-state index contributed by atoms with van der Waals surface area (Å²) in [6.45, 7) is 4.15. The van der Waals surface area contributed by atoms with Gasteiger partial charge in [0.05, 0.1) is 12.7 Å². The molecule has 2 rings (SSSR count). The van der Waals surface area contributed by atoms with Gasteiger partial charge >= 0.3 is 0 Å². The van der Waals surface area contributed by atoms with Crippen LogP contribution in [-0.2, 0) is 20.0 Å². The lowest BCUT2D eigenvalue weighted by Crippen LogP contribution is -2.38. The molecule has 1 amide bonds. The van der Waals surface area contributed by atoms with E-state index in [4.69, 9.17) is 0 Å². The van der Waals surface area contributed by atoms with E-state index in [1.165, 1.54) is 0 Å². The summed E-state index contributed by atoms with van der Waals surface area (Å²) in [6, 6.07) is 7.75. The Kier molecular flexibility index (Phi) is 7.20. The number of carbonyl (C=O) groups excluding carboxylic acids is 1. The van der Waals surface area contributed by atoms with Crippen LogP contribution < -0.4 is 10.6 Å². The molecule has 0 fully saturated rings. The molecular formula is C19H28N6O. The quantitative estimate of drug-likeness (QED) is 0.581. The topological polar surface area (TPSA) is 74.5 Å². The molecule has 0 saturated heterocycles. The fourth-order valence-electron chi connectivity index (χ4n) is 2.51. The maximum atomic E-state index is 12.1. The first kappa shape index (κ1) is 19.5. The van der Waals surface area contributed by atoms with Crippen LogP contribution in [0, 0.1) is 0 Å². The van der Waals surface area contributed by atoms with Crippen LogP contribution in [0.4, 0.5) is 0 Å². The second-order valence-electron chi connectivity index (χ2n) is 6.29. The van der Waals surface area contributed by atoms with Gasteiger partial charge in [-0.3, -0.25) is 9.48 Å². The number of carbonyl (C=O) groups is 1. The monoisotopic (exact) mass is 356 g/mol. The first-order valence-electron chi connectivity index (χ1n) is 8.80. The Bertz CT molecular complexity index is 750. The summed E-state index contributed by atoms with van der Waals surface area (Å²) >= 11 is 0. The van der Waals surface area contributed by atoms with Crippen LogP contribution in [0.1, 0.15) is 28.4 Å². The van der Waals surface area contributed by atoms with E-state index in [0.29, 0.717) is 12.1 Å². The molecule has 0 aliphatic heterocycles. The van der Waals surface area contributed by atoms with Crippen LogP contribution in [0.5, 0.6) is 0 Å². The molecule has 0 spiro atoms. The second-order valence-corrected chi connectivity index (χ2v) is 6.29. The minimum Gasteiger partial charge on any atom is -0.357 e. The van der Waals surface area contributed by atoms with Gasteiger partial charge in [0, 0.05) is 51.6 Å². The van der Waals surface area contributed by atoms with Crippen molar-refractivity contribution in [2.24, 2.45) is 12.0 Å². The van der Waals surface area contributed by atoms with E-state index in [2.05, 4.69) is 20.7 Å². The van der Waals surface area contributed by atoms with Crippen molar-refractivity contribution in [3.8, 4) is 0 Å². The number of hydrogen-bond donors (Lipinski definition) is 2. The van der Waals surface area contributed by atoms with Crippen LogP contribution >= 0.6 is 0 Å². The van der Waals surface area contributed by atoms with E-state index in [9.17, 15) is 4.79 Å². The zero-order valence-corrected chi connectivity index (χ0v) is 16.0. The molecule has 0 radical (unpaired) electrons. The summed E-state index contributed by atoms with van der Waals surface area (Å²) in [5, 5.41) is 10.7. The first-order chi connectivity index (χ1) is 12.5. The number of aliphatic imine (C=N–C) groups is 1. The number of nitrogens with one attached hydrogen (secondary N) is 2. The van der Waals surface area contributed by atoms with E-state index in [-0.39, 0.29) is 5.91 Å². The van der Waals surface area contributed by atoms with Crippen molar-refractivity contribution in [3.05, 3.63) is 53.3 Å². The van der Waals surface area contributed by atoms with Crippen LogP contribution in [0.25, 0.3) is 0 Å². The van der Waals surface area contributed by atoms with Gasteiger partial charge in [-0.1, -0.05) is 12.1 Å². The molecule has 0 unspecified atom stereocenters. The molecule has 26 heavy (non-hydrogen) atoms. The number of amides is 1. The Labute approximate surface area is 155 Å². The Morgan fingerprint density at radius 2 is 2.08 bits per heavy atom. The summed E-state index contributed by atoms with van der Waals surface area (Å²) < 4.78 is 1.77. The smallest absolute Gasteiger partial charge is 0.253 e. The summed E-state index contributed by atoms with van der Waals surface area (Å²) in [4.78, 5) is 18.2. The molecule has 2 N–H and O–H groups in total. The Hall–Kier alpha value is -2.83. The highest BCUT2D eigenvalue weighted by Gasteiger charge is 2.08. The number of aryl methyl sites for hydroxylation is 1. The fourth-order valence-corrected chi connectivity index (χ4v) is 2.51. The normalized spacial score (nSPS) is 11.3. The standard InChI is InChI=1S/C19H28N6O/c1-5-20-19(22-12-16-13-23-25(4)14-16)21-10-9-15-7-6-8-17(11-15)18(26)24(2)3/h6-8,11,13-14H,5,9-10,12H2,1-4H3,(H2,20,21,22). The lowest BCUT2D eigenvalue weighted by Gasteiger charge is -2.13. The van der Waals surface area contributed by atoms with Gasteiger partial charge in [-0.2, -0.15) is 5.10 Å². The third-order valence-electron chi connectivity index (χ3n) is 3.81. The summed E-state index contributed by atoms with van der Waals surface area (Å²) in [6.07, 6.45) is 4.59. The van der Waals surface area contributed by atoms with E-state index in [1.807, 2.05) is 50.6 Å². The van der Waals surface area contributed by atoms with Crippen molar-refractivity contribution in [2.45, 2.75) is 19.9 Å². The van der Waals surface area contributed by atoms with Crippen molar-refractivity contribution >= 4 is 11.9 Å². The molecule has 7 heteroatoms. The lowest BCUT2D eigenvalue weighted by atomic mass is 10.1. The van der Waals surface area contributed by atoms with Crippen LogP contribution in [-0.4, -0.2) is 53.7 Å². The number of hydrogen-bond acceptors (Lipinski definition) is 3. The predicted octanol–water partition coefficient (Wildman–Crippen LogP) is 1.42. The molecule has 1 heterocycles. The minimum absolute atomic E-state index is 0.0196. The van der Waals surface area contributed by atoms with Gasteiger partial charge in [0.1, 0.15) is 0 Å². The van der Waals surface area contributed by atoms with Crippen molar-refractivity contribution in [3.63, 3.8) is 0 Å². The molecule has 2 aromatic rings. The lowest BCUT2D eigenvalue weighted by molar-refractivity contribution is 0.0827. The zero-order chi connectivity index (χ0) is 18.9. The molecular weight excluding hydrogens is 328 g/mol. The summed E-state index contributed by atoms with van der Waals surface area (Å²) in [5.41, 5.74) is 2.90. The number of guanidine groups is 1. The van der Waals surface area contributed by atoms with Gasteiger partial charge in [0.2, 0.25) is 0 Å². The third kappa shape index (κ3) is 5.91. The van der Waals surface area contributed by atoms with Gasteiger partial charge in [-0.25, -0.2) is 4.99 Å². The molecule has 0 aliphatic rings. The Balaban J connectivity index is 1.91. The predicted molar refractivity (Wildman–Crippen MR) is 104 cm³/mol. The maximum absolute atomic E-state index is 12.1. The number of aromatic nitrogens is 2. The van der Waals surface area contributed by atoms with Crippen molar-refractivity contribution < 1.29 is 4.79 Å². The average Bonchev–Trinajstić information content (AvgIpc) is 3.04. The van der Waals surface area contributed by atoms with Gasteiger partial charge in [0.25, 0.3) is 5.91 Å². The SMILES string of the molecule is CCNC(=NCc1cnn(C)c1)NCCc1cccc(C(=O)N(C)C)c1. The van der Waals surface area contributed by atoms with Crippen molar-refractivity contribution in [1.29, 1.82) is 0 Å². The Morgan fingerprint density at radius 1 is 1.27 bits per heavy atom. The van der Waals surface area contributed by atoms with Crippen LogP contribution in [0.15, 0.2) is 41.7 Å². The van der Waals surface area contributed by atoms with Crippen LogP contribution in [0.3, 0.4) is 0 Å². The largest absolute Gasteiger partial charge is 0.357 e. The Morgan fingerprint density at radius 3 is 2.73 bits per heavy atom. The van der Waals surface area contributed by atoms with E-state index >= 15 is 0 Å². The van der Waals surface area contributed by atoms with Crippen LogP contribution in [0.2, 0.25) is 0 Å². The van der Waals surface area contributed by atoms with Gasteiger partial charge in [0.15, 0.2) is 5.96 Å². The second kappa shape index (κ2) is 9.60. The number of benzene rings is 1. The number of nitrogens with zero attached hydrogens (tertiary/aromatic N) is 4. The molecule has 1 aromatic carbocycles. The average molecular weight is 356 g/mol. The molecule has 0 atom stereocenters. The maximum Gasteiger partial charge on any atom is 0.253 e. The summed E-state index contributed by atoms with van der Waals surface area (Å²) in [5.74, 6) is 0.794. The fraction of sp³-hybridized carbons (Fsp3) is 0.421. The zero-order valence-electron chi connectivity index (χ0n) is 16.0.